The summed E-state index contributed by atoms with van der Waals surface area (Å²) < 4.78 is 15.5. The molecule has 6 heteroatoms. The highest BCUT2D eigenvalue weighted by Gasteiger charge is 2.22. The molecule has 0 fully saturated rings. The molecule has 1 rings (SSSR count). The van der Waals surface area contributed by atoms with Gasteiger partial charge in [-0.1, -0.05) is 19.0 Å². The highest BCUT2D eigenvalue weighted by Crippen LogP contribution is 2.23. The average Bonchev–Trinajstić information content (AvgIpc) is 2.73. The molecule has 2 atom stereocenters. The molecule has 0 saturated heterocycles. The van der Waals surface area contributed by atoms with E-state index >= 15 is 0 Å². The Bertz CT molecular complexity index is 341. The predicted molar refractivity (Wildman–Crippen MR) is 65.1 cm³/mol. The lowest BCUT2D eigenvalue weighted by atomic mass is 10.1. The van der Waals surface area contributed by atoms with Crippen LogP contribution in [0.3, 0.4) is 0 Å². The van der Waals surface area contributed by atoms with Crippen molar-refractivity contribution in [2.45, 2.75) is 39.4 Å². The fourth-order valence-electron chi connectivity index (χ4n) is 1.66. The Morgan fingerprint density at radius 1 is 1.39 bits per heavy atom. The number of aliphatic hydroxyl groups is 1. The standard InChI is InChI=1S/C12H22N2O4/c1-5-17-11(8(2)3)12-13-10(18-14-12)6-9(15)7-16-4/h8-9,11,15H,5-7H2,1-4H3. The number of aliphatic hydroxyl groups excluding tert-OH is 1. The predicted octanol–water partition coefficient (Wildman–Crippen LogP) is 1.35. The van der Waals surface area contributed by atoms with Crippen molar-refractivity contribution in [2.24, 2.45) is 5.92 Å². The second kappa shape index (κ2) is 7.45. The van der Waals surface area contributed by atoms with Crippen LogP contribution < -0.4 is 0 Å². The van der Waals surface area contributed by atoms with Crippen LogP contribution in [0.2, 0.25) is 0 Å². The molecule has 2 unspecified atom stereocenters. The quantitative estimate of drug-likeness (QED) is 0.758. The first-order valence-electron chi connectivity index (χ1n) is 6.19. The highest BCUT2D eigenvalue weighted by molar-refractivity contribution is 4.93. The number of hydrogen-bond donors (Lipinski definition) is 1. The van der Waals surface area contributed by atoms with E-state index in [1.165, 1.54) is 7.11 Å². The maximum Gasteiger partial charge on any atom is 0.229 e. The van der Waals surface area contributed by atoms with Gasteiger partial charge < -0.3 is 19.1 Å². The summed E-state index contributed by atoms with van der Waals surface area (Å²) >= 11 is 0. The molecule has 0 spiro atoms. The molecule has 1 aromatic heterocycles. The molecule has 1 N–H and O–H groups in total. The Labute approximate surface area is 107 Å². The van der Waals surface area contributed by atoms with Crippen LogP contribution in [0.4, 0.5) is 0 Å². The zero-order valence-electron chi connectivity index (χ0n) is 11.4. The van der Waals surface area contributed by atoms with Crippen LogP contribution in [-0.2, 0) is 15.9 Å². The van der Waals surface area contributed by atoms with E-state index in [1.54, 1.807) is 0 Å². The first-order valence-corrected chi connectivity index (χ1v) is 6.19. The van der Waals surface area contributed by atoms with Gasteiger partial charge in [0.05, 0.1) is 19.1 Å². The molecule has 0 bridgehead atoms. The Morgan fingerprint density at radius 2 is 2.11 bits per heavy atom. The van der Waals surface area contributed by atoms with Crippen molar-refractivity contribution in [3.8, 4) is 0 Å². The summed E-state index contributed by atoms with van der Waals surface area (Å²) in [5.74, 6) is 1.20. The maximum atomic E-state index is 9.58. The van der Waals surface area contributed by atoms with Gasteiger partial charge in [-0.3, -0.25) is 0 Å². The Kier molecular flexibility index (Phi) is 6.24. The third-order valence-corrected chi connectivity index (χ3v) is 2.46. The SMILES string of the molecule is CCOC(c1noc(CC(O)COC)n1)C(C)C. The van der Waals surface area contributed by atoms with E-state index in [2.05, 4.69) is 10.1 Å². The summed E-state index contributed by atoms with van der Waals surface area (Å²) in [7, 11) is 1.53. The molecule has 0 aliphatic rings. The van der Waals surface area contributed by atoms with Crippen molar-refractivity contribution in [1.82, 2.24) is 10.1 Å². The minimum absolute atomic E-state index is 0.174. The molecule has 0 saturated carbocycles. The van der Waals surface area contributed by atoms with Gasteiger partial charge in [-0.05, 0) is 12.8 Å². The van der Waals surface area contributed by atoms with E-state index in [1.807, 2.05) is 20.8 Å². The van der Waals surface area contributed by atoms with Gasteiger partial charge in [0.1, 0.15) is 6.10 Å². The summed E-state index contributed by atoms with van der Waals surface area (Å²) in [6, 6.07) is 0. The fraction of sp³-hybridized carbons (Fsp3) is 0.833. The van der Waals surface area contributed by atoms with Crippen molar-refractivity contribution in [2.75, 3.05) is 20.3 Å². The van der Waals surface area contributed by atoms with Crippen LogP contribution in [0.1, 0.15) is 38.6 Å². The van der Waals surface area contributed by atoms with Gasteiger partial charge >= 0.3 is 0 Å². The molecular weight excluding hydrogens is 236 g/mol. The third-order valence-electron chi connectivity index (χ3n) is 2.46. The van der Waals surface area contributed by atoms with E-state index in [-0.39, 0.29) is 25.0 Å². The maximum absolute atomic E-state index is 9.58. The Hall–Kier alpha value is -0.980. The molecule has 0 aliphatic heterocycles. The minimum Gasteiger partial charge on any atom is -0.390 e. The van der Waals surface area contributed by atoms with Crippen LogP contribution in [-0.4, -0.2) is 41.7 Å². The van der Waals surface area contributed by atoms with E-state index in [0.717, 1.165) is 0 Å². The van der Waals surface area contributed by atoms with Crippen LogP contribution >= 0.6 is 0 Å². The average molecular weight is 258 g/mol. The number of ether oxygens (including phenoxy) is 2. The normalized spacial score (nSPS) is 15.0. The van der Waals surface area contributed by atoms with Gasteiger partial charge in [-0.2, -0.15) is 4.98 Å². The number of aromatic nitrogens is 2. The van der Waals surface area contributed by atoms with Crippen LogP contribution in [0.5, 0.6) is 0 Å². The van der Waals surface area contributed by atoms with E-state index in [9.17, 15) is 5.11 Å². The van der Waals surface area contributed by atoms with Crippen molar-refractivity contribution >= 4 is 0 Å². The molecule has 18 heavy (non-hydrogen) atoms. The second-order valence-electron chi connectivity index (χ2n) is 4.48. The molecule has 0 amide bonds. The van der Waals surface area contributed by atoms with Crippen LogP contribution in [0, 0.1) is 5.92 Å². The summed E-state index contributed by atoms with van der Waals surface area (Å²) in [5.41, 5.74) is 0. The summed E-state index contributed by atoms with van der Waals surface area (Å²) in [6.45, 7) is 6.85. The van der Waals surface area contributed by atoms with Gasteiger partial charge in [0.2, 0.25) is 11.7 Å². The van der Waals surface area contributed by atoms with Crippen molar-refractivity contribution < 1.29 is 19.1 Å². The first kappa shape index (κ1) is 15.1. The molecule has 104 valence electrons. The number of nitrogens with zero attached hydrogens (tertiary/aromatic N) is 2. The summed E-state index contributed by atoms with van der Waals surface area (Å²) in [6.07, 6.45) is -0.516. The lowest BCUT2D eigenvalue weighted by Crippen LogP contribution is -2.17. The monoisotopic (exact) mass is 258 g/mol. The topological polar surface area (TPSA) is 77.6 Å². The van der Waals surface area contributed by atoms with Gasteiger partial charge in [-0.15, -0.1) is 0 Å². The zero-order valence-corrected chi connectivity index (χ0v) is 11.4. The molecule has 6 nitrogen and oxygen atoms in total. The molecule has 0 aromatic carbocycles. The first-order chi connectivity index (χ1) is 8.58. The summed E-state index contributed by atoms with van der Waals surface area (Å²) in [4.78, 5) is 4.25. The van der Waals surface area contributed by atoms with Gasteiger partial charge in [0.25, 0.3) is 0 Å². The minimum atomic E-state index is -0.632. The fourth-order valence-corrected chi connectivity index (χ4v) is 1.66. The Morgan fingerprint density at radius 3 is 2.67 bits per heavy atom. The lowest BCUT2D eigenvalue weighted by molar-refractivity contribution is 0.0217. The van der Waals surface area contributed by atoms with E-state index in [0.29, 0.717) is 18.3 Å². The van der Waals surface area contributed by atoms with Crippen molar-refractivity contribution in [1.29, 1.82) is 0 Å². The zero-order chi connectivity index (χ0) is 13.5. The number of hydrogen-bond acceptors (Lipinski definition) is 6. The van der Waals surface area contributed by atoms with Crippen LogP contribution in [0.15, 0.2) is 4.52 Å². The molecule has 1 heterocycles. The van der Waals surface area contributed by atoms with Crippen molar-refractivity contribution in [3.63, 3.8) is 0 Å². The largest absolute Gasteiger partial charge is 0.390 e. The Balaban J connectivity index is 2.65. The van der Waals surface area contributed by atoms with Crippen molar-refractivity contribution in [3.05, 3.63) is 11.7 Å². The molecular formula is C12H22N2O4. The van der Waals surface area contributed by atoms with Gasteiger partial charge in [-0.25, -0.2) is 0 Å². The lowest BCUT2D eigenvalue weighted by Gasteiger charge is -2.16. The van der Waals surface area contributed by atoms with Gasteiger partial charge in [0.15, 0.2) is 0 Å². The summed E-state index contributed by atoms with van der Waals surface area (Å²) in [5, 5.41) is 13.5. The third kappa shape index (κ3) is 4.36. The second-order valence-corrected chi connectivity index (χ2v) is 4.48. The molecule has 1 aromatic rings. The van der Waals surface area contributed by atoms with Gasteiger partial charge in [0, 0.05) is 13.7 Å². The highest BCUT2D eigenvalue weighted by atomic mass is 16.5. The number of rotatable bonds is 8. The smallest absolute Gasteiger partial charge is 0.229 e. The van der Waals surface area contributed by atoms with E-state index < -0.39 is 6.10 Å². The molecule has 0 radical (unpaired) electrons. The van der Waals surface area contributed by atoms with E-state index in [4.69, 9.17) is 14.0 Å². The number of methoxy groups -OCH3 is 1. The van der Waals surface area contributed by atoms with Crippen LogP contribution in [0.25, 0.3) is 0 Å². The molecule has 0 aliphatic carbocycles.